The number of benzene rings is 1. The van der Waals surface area contributed by atoms with Crippen LogP contribution < -0.4 is 4.74 Å². The molecule has 0 radical (unpaired) electrons. The number of Topliss-reactive ketones (excluding diaryl/α,β-unsaturated/α-hetero) is 1. The van der Waals surface area contributed by atoms with E-state index in [0.29, 0.717) is 31.8 Å². The molecule has 0 unspecified atom stereocenters. The smallest absolute Gasteiger partial charge is 0.360 e. The normalized spacial score (nSPS) is 17.1. The van der Waals surface area contributed by atoms with Gasteiger partial charge in [0.1, 0.15) is 18.0 Å². The minimum atomic E-state index is -3.38. The van der Waals surface area contributed by atoms with Gasteiger partial charge in [-0.3, -0.25) is 9.59 Å². The summed E-state index contributed by atoms with van der Waals surface area (Å²) in [4.78, 5) is 32.6. The highest BCUT2D eigenvalue weighted by Crippen LogP contribution is 2.32. The van der Waals surface area contributed by atoms with E-state index >= 15 is 0 Å². The van der Waals surface area contributed by atoms with Gasteiger partial charge in [-0.05, 0) is 51.8 Å². The fourth-order valence-electron chi connectivity index (χ4n) is 4.01. The van der Waals surface area contributed by atoms with E-state index in [1.165, 1.54) is 17.5 Å². The Morgan fingerprint density at radius 3 is 2.30 bits per heavy atom. The Kier molecular flexibility index (Phi) is 13.1. The third kappa shape index (κ3) is 10.2. The van der Waals surface area contributed by atoms with Crippen LogP contribution in [0.3, 0.4) is 0 Å². The minimum Gasteiger partial charge on any atom is -0.497 e. The van der Waals surface area contributed by atoms with Gasteiger partial charge in [-0.1, -0.05) is 17.3 Å². The summed E-state index contributed by atoms with van der Waals surface area (Å²) in [6.07, 6.45) is 1.82. The van der Waals surface area contributed by atoms with Crippen molar-refractivity contribution in [1.29, 1.82) is 0 Å². The highest BCUT2D eigenvalue weighted by Gasteiger charge is 2.38. The Labute approximate surface area is 239 Å². The molecule has 1 aromatic carbocycles. The molecule has 2 atom stereocenters. The summed E-state index contributed by atoms with van der Waals surface area (Å²) < 4.78 is 42.6. The van der Waals surface area contributed by atoms with Crippen molar-refractivity contribution in [3.05, 3.63) is 41.2 Å². The maximum absolute atomic E-state index is 12.4. The summed E-state index contributed by atoms with van der Waals surface area (Å²) >= 11 is 1.74. The first-order chi connectivity index (χ1) is 18.9. The number of carbonyl (C=O) groups excluding carboxylic acids is 3. The van der Waals surface area contributed by atoms with Crippen LogP contribution >= 0.6 is 11.8 Å². The van der Waals surface area contributed by atoms with E-state index in [1.54, 1.807) is 44.3 Å². The molecule has 40 heavy (non-hydrogen) atoms. The first-order valence-electron chi connectivity index (χ1n) is 12.8. The van der Waals surface area contributed by atoms with Crippen molar-refractivity contribution >= 4 is 39.5 Å². The number of ketones is 1. The van der Waals surface area contributed by atoms with E-state index in [-0.39, 0.29) is 35.8 Å². The van der Waals surface area contributed by atoms with Crippen molar-refractivity contribution in [1.82, 2.24) is 19.3 Å². The van der Waals surface area contributed by atoms with Gasteiger partial charge in [0, 0.05) is 23.6 Å². The Hall–Kier alpha value is -2.97. The van der Waals surface area contributed by atoms with E-state index in [1.807, 2.05) is 24.3 Å². The van der Waals surface area contributed by atoms with Gasteiger partial charge >= 0.3 is 11.9 Å². The fourth-order valence-corrected chi connectivity index (χ4v) is 6.49. The summed E-state index contributed by atoms with van der Waals surface area (Å²) in [5.41, 5.74) is 1.89. The number of hydrogen-bond donors (Lipinski definition) is 0. The van der Waals surface area contributed by atoms with Crippen molar-refractivity contribution in [3.63, 3.8) is 0 Å². The van der Waals surface area contributed by atoms with Crippen LogP contribution in [0, 0.1) is 6.92 Å². The summed E-state index contributed by atoms with van der Waals surface area (Å²) in [5.74, 6) is 0.473. The Bertz CT molecular complexity index is 1250. The lowest BCUT2D eigenvalue weighted by Gasteiger charge is -2.22. The molecule has 222 valence electrons. The average molecular weight is 599 g/mol. The van der Waals surface area contributed by atoms with Gasteiger partial charge in [0.25, 0.3) is 0 Å². The molecular weight excluding hydrogens is 560 g/mol. The number of esters is 2. The molecule has 2 heterocycles. The second kappa shape index (κ2) is 15.7. The second-order valence-corrected chi connectivity index (χ2v) is 12.3. The molecule has 2 aromatic rings. The molecule has 1 aromatic heterocycles. The Balaban J connectivity index is 0.000000536. The fraction of sp³-hybridized carbons (Fsp3) is 0.577. The first-order valence-corrected chi connectivity index (χ1v) is 15.7. The number of hydrogen-bond acceptors (Lipinski definition) is 11. The minimum absolute atomic E-state index is 0.103. The topological polar surface area (TPSA) is 147 Å². The molecule has 0 saturated carbocycles. The van der Waals surface area contributed by atoms with Gasteiger partial charge in [-0.25, -0.2) is 17.9 Å². The van der Waals surface area contributed by atoms with Crippen LogP contribution in [0.5, 0.6) is 5.75 Å². The summed E-state index contributed by atoms with van der Waals surface area (Å²) in [6, 6.07) is 7.62. The van der Waals surface area contributed by atoms with E-state index in [9.17, 15) is 22.8 Å². The number of thioether (sulfide) groups is 1. The van der Waals surface area contributed by atoms with E-state index in [4.69, 9.17) is 9.47 Å². The predicted molar refractivity (Wildman–Crippen MR) is 151 cm³/mol. The van der Waals surface area contributed by atoms with Gasteiger partial charge < -0.3 is 14.2 Å². The molecule has 1 aliphatic heterocycles. The lowest BCUT2D eigenvalue weighted by atomic mass is 10.2. The van der Waals surface area contributed by atoms with Gasteiger partial charge in [0.05, 0.1) is 38.8 Å². The van der Waals surface area contributed by atoms with E-state index < -0.39 is 22.0 Å². The van der Waals surface area contributed by atoms with E-state index in [2.05, 4.69) is 15.0 Å². The zero-order valence-corrected chi connectivity index (χ0v) is 25.4. The molecule has 0 amide bonds. The number of methoxy groups -OCH3 is 1. The molecule has 1 fully saturated rings. The second-order valence-electron chi connectivity index (χ2n) is 9.11. The molecule has 1 aliphatic rings. The van der Waals surface area contributed by atoms with Gasteiger partial charge in [-0.15, -0.1) is 5.10 Å². The van der Waals surface area contributed by atoms with Crippen molar-refractivity contribution in [2.45, 2.75) is 64.1 Å². The number of sulfonamides is 1. The molecule has 0 aliphatic carbocycles. The number of carbonyl (C=O) groups is 3. The van der Waals surface area contributed by atoms with Crippen molar-refractivity contribution in [2.75, 3.05) is 33.1 Å². The standard InChI is InChI=1S/C20H28N4O5S2.C6H10O3/c1-5-29-20(25)19-14(2)23(22-21-19)11-16-10-18(12-24(16)31(4,26)27)30-13-15-6-8-17(28-3)9-7-15;1-3-9-6(8)4-5(2)7/h6-9,16,18H,5,10-13H2,1-4H3;3-4H2,1-2H3/t16-,18+;/m0./s1. The average Bonchev–Trinajstić information content (AvgIpc) is 3.47. The van der Waals surface area contributed by atoms with Crippen molar-refractivity contribution < 1.29 is 37.0 Å². The number of aromatic nitrogens is 3. The van der Waals surface area contributed by atoms with Crippen LogP contribution in [0.1, 0.15) is 55.4 Å². The largest absolute Gasteiger partial charge is 0.497 e. The molecule has 0 spiro atoms. The van der Waals surface area contributed by atoms with Gasteiger partial charge in [-0.2, -0.15) is 16.1 Å². The van der Waals surface area contributed by atoms with Crippen LogP contribution in [0.25, 0.3) is 0 Å². The maximum Gasteiger partial charge on any atom is 0.360 e. The van der Waals surface area contributed by atoms with Crippen molar-refractivity contribution in [3.8, 4) is 5.75 Å². The summed E-state index contributed by atoms with van der Waals surface area (Å²) in [7, 11) is -1.74. The molecule has 3 rings (SSSR count). The maximum atomic E-state index is 12.4. The molecule has 14 heteroatoms. The number of rotatable bonds is 12. The highest BCUT2D eigenvalue weighted by molar-refractivity contribution is 7.99. The Morgan fingerprint density at radius 1 is 1.10 bits per heavy atom. The van der Waals surface area contributed by atoms with Gasteiger partial charge in [0.15, 0.2) is 5.69 Å². The quantitative estimate of drug-likeness (QED) is 0.262. The lowest BCUT2D eigenvalue weighted by molar-refractivity contribution is -0.145. The molecular formula is C26H38N4O8S2. The van der Waals surface area contributed by atoms with Gasteiger partial charge in [0.2, 0.25) is 10.0 Å². The number of nitrogens with zero attached hydrogens (tertiary/aromatic N) is 4. The van der Waals surface area contributed by atoms with E-state index in [0.717, 1.165) is 17.1 Å². The van der Waals surface area contributed by atoms with Crippen LogP contribution in [-0.2, 0) is 41.4 Å². The Morgan fingerprint density at radius 2 is 1.75 bits per heavy atom. The zero-order chi connectivity index (χ0) is 29.9. The zero-order valence-electron chi connectivity index (χ0n) is 23.8. The third-order valence-electron chi connectivity index (χ3n) is 5.93. The molecule has 12 nitrogen and oxygen atoms in total. The molecule has 1 saturated heterocycles. The van der Waals surface area contributed by atoms with Crippen LogP contribution in [0.2, 0.25) is 0 Å². The monoisotopic (exact) mass is 598 g/mol. The third-order valence-corrected chi connectivity index (χ3v) is 8.54. The summed E-state index contributed by atoms with van der Waals surface area (Å²) in [6.45, 7) is 7.91. The first kappa shape index (κ1) is 33.2. The van der Waals surface area contributed by atoms with Crippen LogP contribution in [0.15, 0.2) is 24.3 Å². The molecule has 0 N–H and O–H groups in total. The molecule has 0 bridgehead atoms. The highest BCUT2D eigenvalue weighted by atomic mass is 32.2. The SMILES string of the molecule is CCOC(=O)CC(C)=O.CCOC(=O)c1nnn(C[C@@H]2C[C@@H](SCc3ccc(OC)cc3)CN2S(C)(=O)=O)c1C. The van der Waals surface area contributed by atoms with Crippen molar-refractivity contribution in [2.24, 2.45) is 0 Å². The van der Waals surface area contributed by atoms with Crippen LogP contribution in [-0.4, -0.2) is 89.9 Å². The predicted octanol–water partition coefficient (Wildman–Crippen LogP) is 2.64. The summed E-state index contributed by atoms with van der Waals surface area (Å²) in [5, 5.41) is 8.15. The number of ether oxygens (including phenoxy) is 3. The lowest BCUT2D eigenvalue weighted by Crippen LogP contribution is -2.38. The van der Waals surface area contributed by atoms with Crippen LogP contribution in [0.4, 0.5) is 0 Å².